The number of nitrogens with zero attached hydrogens (tertiary/aromatic N) is 1. The minimum Gasteiger partial charge on any atom is -0.478 e. The molecule has 2 atom stereocenters. The summed E-state index contributed by atoms with van der Waals surface area (Å²) in [6, 6.07) is 0.0397. The Bertz CT molecular complexity index is 734. The largest absolute Gasteiger partial charge is 0.478 e. The predicted octanol–water partition coefficient (Wildman–Crippen LogP) is 1.10. The maximum atomic E-state index is 12.5. The summed E-state index contributed by atoms with van der Waals surface area (Å²) in [6.45, 7) is 3.50. The third-order valence-electron chi connectivity index (χ3n) is 4.64. The highest BCUT2D eigenvalue weighted by Crippen LogP contribution is 2.25. The highest BCUT2D eigenvalue weighted by Gasteiger charge is 2.30. The molecule has 1 saturated carbocycles. The number of hydrogen-bond donors (Lipinski definition) is 5. The highest BCUT2D eigenvalue weighted by molar-refractivity contribution is 6.01. The molecule has 0 aromatic carbocycles. The summed E-state index contributed by atoms with van der Waals surface area (Å²) in [5.41, 5.74) is 10.8. The number of anilines is 2. The molecular weight excluding hydrogens is 350 g/mol. The van der Waals surface area contributed by atoms with Crippen molar-refractivity contribution in [1.29, 1.82) is 0 Å². The van der Waals surface area contributed by atoms with Crippen molar-refractivity contribution >= 4 is 29.2 Å². The summed E-state index contributed by atoms with van der Waals surface area (Å²) in [5.74, 6) is -1.87. The molecule has 2 amide bonds. The smallest absolute Gasteiger partial charge is 0.339 e. The van der Waals surface area contributed by atoms with E-state index in [0.717, 1.165) is 25.5 Å². The normalized spacial score (nSPS) is 20.0. The molecule has 7 N–H and O–H groups in total. The third-order valence-corrected chi connectivity index (χ3v) is 4.64. The minimum atomic E-state index is -1.23. The summed E-state index contributed by atoms with van der Waals surface area (Å²) < 4.78 is 0. The first kappa shape index (κ1) is 20.6. The lowest BCUT2D eigenvalue weighted by molar-refractivity contribution is -0.128. The maximum Gasteiger partial charge on any atom is 0.339 e. The number of aromatic nitrogens is 1. The molecule has 27 heavy (non-hydrogen) atoms. The van der Waals surface area contributed by atoms with Gasteiger partial charge in [-0.05, 0) is 33.1 Å². The maximum absolute atomic E-state index is 12.5. The number of rotatable bonds is 6. The average molecular weight is 377 g/mol. The number of nitrogens with two attached hydrogens (primary N) is 2. The van der Waals surface area contributed by atoms with Crippen molar-refractivity contribution in [3.63, 3.8) is 0 Å². The van der Waals surface area contributed by atoms with Crippen LogP contribution < -0.4 is 22.1 Å². The van der Waals surface area contributed by atoms with Gasteiger partial charge in [0.2, 0.25) is 11.8 Å². The van der Waals surface area contributed by atoms with Gasteiger partial charge in [-0.15, -0.1) is 0 Å². The zero-order chi connectivity index (χ0) is 20.2. The van der Waals surface area contributed by atoms with E-state index in [-0.39, 0.29) is 41.2 Å². The van der Waals surface area contributed by atoms with E-state index in [9.17, 15) is 14.4 Å². The molecule has 0 unspecified atom stereocenters. The Labute approximate surface area is 157 Å². The monoisotopic (exact) mass is 377 g/mol. The van der Waals surface area contributed by atoms with Gasteiger partial charge in [0, 0.05) is 30.1 Å². The molecule has 1 heterocycles. The van der Waals surface area contributed by atoms with E-state index in [4.69, 9.17) is 16.6 Å². The van der Waals surface area contributed by atoms with Gasteiger partial charge in [0.25, 0.3) is 0 Å². The first-order chi connectivity index (χ1) is 12.6. The van der Waals surface area contributed by atoms with E-state index in [1.165, 1.54) is 6.20 Å². The second-order valence-corrected chi connectivity index (χ2v) is 7.68. The molecular formula is C18H27N5O4. The van der Waals surface area contributed by atoms with Gasteiger partial charge in [-0.3, -0.25) is 14.6 Å². The number of aromatic carboxylic acids is 1. The van der Waals surface area contributed by atoms with Gasteiger partial charge in [-0.2, -0.15) is 0 Å². The Kier molecular flexibility index (Phi) is 6.37. The van der Waals surface area contributed by atoms with Crippen LogP contribution in [0.15, 0.2) is 12.4 Å². The summed E-state index contributed by atoms with van der Waals surface area (Å²) >= 11 is 0. The fraction of sp³-hybridized carbons (Fsp3) is 0.556. The molecule has 1 aliphatic carbocycles. The van der Waals surface area contributed by atoms with Crippen molar-refractivity contribution in [2.24, 2.45) is 11.7 Å². The standard InChI is InChI=1S/C18H27N5O4/c1-18(2,23-16(25)10-4-3-5-11(19)6-10)7-14(24)22-13-9-21-8-12(15(13)20)17(26)27/h8-11H,3-7,19H2,1-2H3,(H2,20,21)(H,22,24)(H,23,25)(H,26,27)/t10-,11+/m1/s1. The van der Waals surface area contributed by atoms with E-state index in [0.29, 0.717) is 6.42 Å². The molecule has 0 aliphatic heterocycles. The first-order valence-corrected chi connectivity index (χ1v) is 8.93. The molecule has 0 bridgehead atoms. The van der Waals surface area contributed by atoms with Crippen LogP contribution in [0.5, 0.6) is 0 Å². The Morgan fingerprint density at radius 3 is 2.63 bits per heavy atom. The summed E-state index contributed by atoms with van der Waals surface area (Å²) in [5, 5.41) is 14.5. The van der Waals surface area contributed by atoms with Crippen molar-refractivity contribution in [3.05, 3.63) is 18.0 Å². The van der Waals surface area contributed by atoms with Crippen LogP contribution in [-0.4, -0.2) is 39.5 Å². The number of carbonyl (C=O) groups excluding carboxylic acids is 2. The lowest BCUT2D eigenvalue weighted by Crippen LogP contribution is -2.49. The van der Waals surface area contributed by atoms with Gasteiger partial charge >= 0.3 is 5.97 Å². The topological polar surface area (TPSA) is 160 Å². The Morgan fingerprint density at radius 1 is 1.30 bits per heavy atom. The van der Waals surface area contributed by atoms with E-state index in [1.54, 1.807) is 13.8 Å². The molecule has 0 saturated heterocycles. The zero-order valence-electron chi connectivity index (χ0n) is 15.6. The average Bonchev–Trinajstić information content (AvgIpc) is 2.55. The van der Waals surface area contributed by atoms with Gasteiger partial charge in [0.05, 0.1) is 17.6 Å². The molecule has 0 spiro atoms. The molecule has 1 fully saturated rings. The molecule has 1 aromatic rings. The molecule has 148 valence electrons. The zero-order valence-corrected chi connectivity index (χ0v) is 15.6. The second-order valence-electron chi connectivity index (χ2n) is 7.68. The van der Waals surface area contributed by atoms with Crippen molar-refractivity contribution in [2.75, 3.05) is 11.1 Å². The van der Waals surface area contributed by atoms with Crippen LogP contribution >= 0.6 is 0 Å². The van der Waals surface area contributed by atoms with Crippen LogP contribution in [0.1, 0.15) is 56.3 Å². The predicted molar refractivity (Wildman–Crippen MR) is 101 cm³/mol. The minimum absolute atomic E-state index is 0.00570. The van der Waals surface area contributed by atoms with Gasteiger partial charge in [-0.25, -0.2) is 4.79 Å². The Hall–Kier alpha value is -2.68. The third kappa shape index (κ3) is 5.65. The first-order valence-electron chi connectivity index (χ1n) is 8.93. The van der Waals surface area contributed by atoms with Gasteiger partial charge in [0.1, 0.15) is 5.56 Å². The van der Waals surface area contributed by atoms with Crippen LogP contribution in [0, 0.1) is 5.92 Å². The number of amides is 2. The van der Waals surface area contributed by atoms with Crippen molar-refractivity contribution in [1.82, 2.24) is 10.3 Å². The number of pyridine rings is 1. The van der Waals surface area contributed by atoms with Gasteiger partial charge < -0.3 is 27.2 Å². The van der Waals surface area contributed by atoms with Crippen LogP contribution in [0.3, 0.4) is 0 Å². The van der Waals surface area contributed by atoms with Crippen LogP contribution in [0.4, 0.5) is 11.4 Å². The lowest BCUT2D eigenvalue weighted by atomic mass is 9.85. The summed E-state index contributed by atoms with van der Waals surface area (Å²) in [6.07, 6.45) is 5.70. The fourth-order valence-electron chi connectivity index (χ4n) is 3.28. The number of carboxylic acids is 1. The number of carboxylic acid groups (broad SMARTS) is 1. The van der Waals surface area contributed by atoms with E-state index >= 15 is 0 Å². The molecule has 2 rings (SSSR count). The second kappa shape index (κ2) is 8.34. The number of carbonyl (C=O) groups is 3. The Morgan fingerprint density at radius 2 is 2.00 bits per heavy atom. The summed E-state index contributed by atoms with van der Waals surface area (Å²) in [4.78, 5) is 39.7. The molecule has 1 aliphatic rings. The SMILES string of the molecule is CC(C)(CC(=O)Nc1cncc(C(=O)O)c1N)NC(=O)[C@@H]1CCC[C@H](N)C1. The molecule has 9 nitrogen and oxygen atoms in total. The van der Waals surface area contributed by atoms with Crippen LogP contribution in [0.2, 0.25) is 0 Å². The van der Waals surface area contributed by atoms with Gasteiger partial charge in [0.15, 0.2) is 0 Å². The highest BCUT2D eigenvalue weighted by atomic mass is 16.4. The summed E-state index contributed by atoms with van der Waals surface area (Å²) in [7, 11) is 0. The van der Waals surface area contributed by atoms with E-state index < -0.39 is 17.4 Å². The van der Waals surface area contributed by atoms with Crippen LogP contribution in [0.25, 0.3) is 0 Å². The Balaban J connectivity index is 1.97. The van der Waals surface area contributed by atoms with Crippen LogP contribution in [-0.2, 0) is 9.59 Å². The van der Waals surface area contributed by atoms with Crippen molar-refractivity contribution in [3.8, 4) is 0 Å². The number of hydrogen-bond acceptors (Lipinski definition) is 6. The van der Waals surface area contributed by atoms with Crippen molar-refractivity contribution < 1.29 is 19.5 Å². The molecule has 9 heteroatoms. The quantitative estimate of drug-likeness (QED) is 0.496. The number of nitrogen functional groups attached to an aromatic ring is 1. The molecule has 1 aromatic heterocycles. The van der Waals surface area contributed by atoms with Gasteiger partial charge in [-0.1, -0.05) is 6.42 Å². The number of nitrogens with one attached hydrogen (secondary N) is 2. The van der Waals surface area contributed by atoms with E-state index in [2.05, 4.69) is 15.6 Å². The molecule has 0 radical (unpaired) electrons. The van der Waals surface area contributed by atoms with E-state index in [1.807, 2.05) is 0 Å². The fourth-order valence-corrected chi connectivity index (χ4v) is 3.28. The lowest BCUT2D eigenvalue weighted by Gasteiger charge is -2.31. The van der Waals surface area contributed by atoms with Crippen molar-refractivity contribution in [2.45, 2.75) is 57.5 Å².